The van der Waals surface area contributed by atoms with Crippen LogP contribution in [0.25, 0.3) is 22.2 Å². The van der Waals surface area contributed by atoms with Gasteiger partial charge in [-0.1, -0.05) is 24.3 Å². The van der Waals surface area contributed by atoms with Gasteiger partial charge in [-0.3, -0.25) is 9.36 Å². The number of hydrogen-bond donors (Lipinski definition) is 1. The van der Waals surface area contributed by atoms with Gasteiger partial charge in [-0.05, 0) is 72.9 Å². The van der Waals surface area contributed by atoms with Crippen LogP contribution in [-0.2, 0) is 0 Å². The number of hydrogen-bond acceptors (Lipinski definition) is 4. The summed E-state index contributed by atoms with van der Waals surface area (Å²) in [6, 6.07) is 19.5. The lowest BCUT2D eigenvalue weighted by Gasteiger charge is -2.32. The molecule has 1 aromatic heterocycles. The molecule has 0 aliphatic carbocycles. The number of ether oxygens (including phenoxy) is 2. The number of likely N-dealkylation sites (tertiary alicyclic amines) is 1. The first-order chi connectivity index (χ1) is 17.0. The van der Waals surface area contributed by atoms with E-state index in [0.717, 1.165) is 46.3 Å². The number of fused-ring (bicyclic) bond motifs is 1. The van der Waals surface area contributed by atoms with E-state index in [0.29, 0.717) is 24.4 Å². The zero-order valence-corrected chi connectivity index (χ0v) is 20.2. The molecule has 0 spiro atoms. The van der Waals surface area contributed by atoms with Gasteiger partial charge in [0.25, 0.3) is 5.91 Å². The zero-order chi connectivity index (χ0) is 24.5. The summed E-state index contributed by atoms with van der Waals surface area (Å²) in [7, 11) is 3.26. The van der Waals surface area contributed by atoms with E-state index in [1.807, 2.05) is 71.0 Å². The van der Waals surface area contributed by atoms with Gasteiger partial charge in [-0.2, -0.15) is 0 Å². The van der Waals surface area contributed by atoms with Crippen molar-refractivity contribution in [3.05, 3.63) is 82.3 Å². The van der Waals surface area contributed by atoms with Crippen LogP contribution >= 0.6 is 0 Å². The number of H-pyrrole nitrogens is 1. The molecular formula is C28H29N3O4. The van der Waals surface area contributed by atoms with Gasteiger partial charge in [0.2, 0.25) is 0 Å². The molecule has 2 heterocycles. The third kappa shape index (κ3) is 4.30. The lowest BCUT2D eigenvalue weighted by atomic mass is 10.0. The van der Waals surface area contributed by atoms with Crippen molar-refractivity contribution in [3.8, 4) is 22.6 Å². The predicted molar refractivity (Wildman–Crippen MR) is 136 cm³/mol. The SMILES string of the molecule is COc1cccc(-c2ccc3c(c2)[nH]c(=O)n3C2CCN(C(=O)c3ccc(C)c(OC)c3)CC2)c1. The van der Waals surface area contributed by atoms with Gasteiger partial charge >= 0.3 is 5.69 Å². The Kier molecular flexibility index (Phi) is 6.07. The number of amides is 1. The van der Waals surface area contributed by atoms with E-state index < -0.39 is 0 Å². The number of benzene rings is 3. The topological polar surface area (TPSA) is 76.6 Å². The molecule has 0 saturated carbocycles. The van der Waals surface area contributed by atoms with Crippen molar-refractivity contribution in [1.29, 1.82) is 0 Å². The Morgan fingerprint density at radius 1 is 0.943 bits per heavy atom. The number of aromatic amines is 1. The maximum atomic E-state index is 13.1. The van der Waals surface area contributed by atoms with E-state index >= 15 is 0 Å². The average molecular weight is 472 g/mol. The Bertz CT molecular complexity index is 1440. The number of carbonyl (C=O) groups excluding carboxylic acids is 1. The van der Waals surface area contributed by atoms with Crippen molar-refractivity contribution in [2.75, 3.05) is 27.3 Å². The second-order valence-electron chi connectivity index (χ2n) is 8.97. The van der Waals surface area contributed by atoms with Crippen molar-refractivity contribution >= 4 is 16.9 Å². The zero-order valence-electron chi connectivity index (χ0n) is 20.2. The molecular weight excluding hydrogens is 442 g/mol. The average Bonchev–Trinajstić information content (AvgIpc) is 3.23. The van der Waals surface area contributed by atoms with Crippen molar-refractivity contribution < 1.29 is 14.3 Å². The molecule has 0 unspecified atom stereocenters. The molecule has 1 amide bonds. The predicted octanol–water partition coefficient (Wildman–Crippen LogP) is 4.80. The Labute approximate surface area is 203 Å². The van der Waals surface area contributed by atoms with Crippen LogP contribution in [0.15, 0.2) is 65.5 Å². The van der Waals surface area contributed by atoms with E-state index in [1.165, 1.54) is 0 Å². The van der Waals surface area contributed by atoms with Crippen LogP contribution in [0.3, 0.4) is 0 Å². The van der Waals surface area contributed by atoms with Crippen LogP contribution in [0.4, 0.5) is 0 Å². The van der Waals surface area contributed by atoms with Crippen LogP contribution < -0.4 is 15.2 Å². The molecule has 180 valence electrons. The van der Waals surface area contributed by atoms with Gasteiger partial charge in [0.05, 0.1) is 25.3 Å². The molecule has 4 aromatic rings. The van der Waals surface area contributed by atoms with Gasteiger partial charge < -0.3 is 19.4 Å². The third-order valence-electron chi connectivity index (χ3n) is 6.89. The fraction of sp³-hybridized carbons (Fsp3) is 0.286. The summed E-state index contributed by atoms with van der Waals surface area (Å²) in [5, 5.41) is 0. The quantitative estimate of drug-likeness (QED) is 0.454. The number of aromatic nitrogens is 2. The summed E-state index contributed by atoms with van der Waals surface area (Å²) >= 11 is 0. The van der Waals surface area contributed by atoms with Gasteiger partial charge in [0.15, 0.2) is 0 Å². The molecule has 3 aromatic carbocycles. The van der Waals surface area contributed by atoms with Crippen LogP contribution in [0.1, 0.15) is 34.8 Å². The molecule has 0 bridgehead atoms. The number of imidazole rings is 1. The molecule has 1 saturated heterocycles. The standard InChI is InChI=1S/C28H29N3O4/c1-18-7-8-21(17-26(18)35-3)27(32)30-13-11-22(12-14-30)31-25-10-9-20(16-24(25)29-28(31)33)19-5-4-6-23(15-19)34-2/h4-10,15-17,22H,11-14H2,1-3H3,(H,29,33). The maximum Gasteiger partial charge on any atom is 0.326 e. The smallest absolute Gasteiger partial charge is 0.326 e. The summed E-state index contributed by atoms with van der Waals surface area (Å²) in [5.74, 6) is 1.50. The number of rotatable bonds is 5. The highest BCUT2D eigenvalue weighted by Gasteiger charge is 2.27. The minimum Gasteiger partial charge on any atom is -0.497 e. The van der Waals surface area contributed by atoms with Crippen LogP contribution in [-0.4, -0.2) is 47.7 Å². The minimum absolute atomic E-state index is 0.00375. The molecule has 0 radical (unpaired) electrons. The summed E-state index contributed by atoms with van der Waals surface area (Å²) in [4.78, 5) is 30.9. The van der Waals surface area contributed by atoms with Crippen LogP contribution in [0.5, 0.6) is 11.5 Å². The summed E-state index contributed by atoms with van der Waals surface area (Å²) in [6.07, 6.45) is 1.44. The molecule has 1 aliphatic heterocycles. The summed E-state index contributed by atoms with van der Waals surface area (Å²) < 4.78 is 12.6. The van der Waals surface area contributed by atoms with E-state index in [2.05, 4.69) is 4.98 Å². The summed E-state index contributed by atoms with van der Waals surface area (Å²) in [5.41, 5.74) is 5.24. The van der Waals surface area contributed by atoms with Crippen LogP contribution in [0, 0.1) is 6.92 Å². The van der Waals surface area contributed by atoms with Crippen molar-refractivity contribution in [3.63, 3.8) is 0 Å². The number of methoxy groups -OCH3 is 2. The first-order valence-electron chi connectivity index (χ1n) is 11.8. The second kappa shape index (κ2) is 9.33. The fourth-order valence-electron chi connectivity index (χ4n) is 4.94. The Morgan fingerprint density at radius 2 is 1.71 bits per heavy atom. The largest absolute Gasteiger partial charge is 0.497 e. The third-order valence-corrected chi connectivity index (χ3v) is 6.89. The lowest BCUT2D eigenvalue weighted by molar-refractivity contribution is 0.0694. The molecule has 1 N–H and O–H groups in total. The molecule has 1 fully saturated rings. The number of piperidine rings is 1. The first kappa shape index (κ1) is 22.8. The highest BCUT2D eigenvalue weighted by molar-refractivity contribution is 5.94. The molecule has 0 atom stereocenters. The fourth-order valence-corrected chi connectivity index (χ4v) is 4.94. The van der Waals surface area contributed by atoms with Crippen LogP contribution in [0.2, 0.25) is 0 Å². The normalized spacial score (nSPS) is 14.3. The van der Waals surface area contributed by atoms with Gasteiger partial charge in [0.1, 0.15) is 11.5 Å². The Morgan fingerprint density at radius 3 is 2.46 bits per heavy atom. The van der Waals surface area contributed by atoms with Gasteiger partial charge in [-0.25, -0.2) is 4.79 Å². The lowest BCUT2D eigenvalue weighted by Crippen LogP contribution is -2.40. The van der Waals surface area contributed by atoms with Crippen molar-refractivity contribution in [1.82, 2.24) is 14.5 Å². The molecule has 5 rings (SSSR count). The Hall–Kier alpha value is -4.00. The van der Waals surface area contributed by atoms with Gasteiger partial charge in [0, 0.05) is 24.7 Å². The molecule has 1 aliphatic rings. The van der Waals surface area contributed by atoms with E-state index in [4.69, 9.17) is 9.47 Å². The van der Waals surface area contributed by atoms with Crippen molar-refractivity contribution in [2.24, 2.45) is 0 Å². The number of carbonyl (C=O) groups is 1. The highest BCUT2D eigenvalue weighted by Crippen LogP contribution is 2.30. The second-order valence-corrected chi connectivity index (χ2v) is 8.97. The van der Waals surface area contributed by atoms with E-state index in [9.17, 15) is 9.59 Å². The monoisotopic (exact) mass is 471 g/mol. The Balaban J connectivity index is 1.35. The minimum atomic E-state index is -0.115. The molecule has 35 heavy (non-hydrogen) atoms. The van der Waals surface area contributed by atoms with Crippen molar-refractivity contribution in [2.45, 2.75) is 25.8 Å². The highest BCUT2D eigenvalue weighted by atomic mass is 16.5. The number of nitrogens with zero attached hydrogens (tertiary/aromatic N) is 2. The first-order valence-corrected chi connectivity index (χ1v) is 11.8. The van der Waals surface area contributed by atoms with E-state index in [1.54, 1.807) is 20.3 Å². The van der Waals surface area contributed by atoms with E-state index in [-0.39, 0.29) is 17.6 Å². The number of aryl methyl sites for hydroxylation is 1. The number of nitrogens with one attached hydrogen (secondary N) is 1. The molecule has 7 nitrogen and oxygen atoms in total. The van der Waals surface area contributed by atoms with Gasteiger partial charge in [-0.15, -0.1) is 0 Å². The summed E-state index contributed by atoms with van der Waals surface area (Å²) in [6.45, 7) is 3.15. The maximum absolute atomic E-state index is 13.1. The molecule has 7 heteroatoms.